The van der Waals surface area contributed by atoms with E-state index in [0.717, 1.165) is 5.01 Å². The van der Waals surface area contributed by atoms with E-state index in [0.29, 0.717) is 24.5 Å². The summed E-state index contributed by atoms with van der Waals surface area (Å²) in [5.74, 6) is -0.113. The van der Waals surface area contributed by atoms with Gasteiger partial charge >= 0.3 is 0 Å². The van der Waals surface area contributed by atoms with Crippen LogP contribution in [0.5, 0.6) is 0 Å². The van der Waals surface area contributed by atoms with Crippen molar-refractivity contribution in [2.75, 3.05) is 5.32 Å². The second-order valence-corrected chi connectivity index (χ2v) is 5.68. The van der Waals surface area contributed by atoms with E-state index in [1.54, 1.807) is 11.0 Å². The van der Waals surface area contributed by atoms with Gasteiger partial charge in [0.25, 0.3) is 0 Å². The van der Waals surface area contributed by atoms with Crippen LogP contribution in [0.1, 0.15) is 17.0 Å². The summed E-state index contributed by atoms with van der Waals surface area (Å²) >= 11 is 1.39. The van der Waals surface area contributed by atoms with E-state index in [1.165, 1.54) is 23.2 Å². The highest BCUT2D eigenvalue weighted by molar-refractivity contribution is 7.15. The van der Waals surface area contributed by atoms with E-state index in [1.807, 2.05) is 30.3 Å². The lowest BCUT2D eigenvalue weighted by molar-refractivity contribution is -0.116. The Kier molecular flexibility index (Phi) is 4.50. The second kappa shape index (κ2) is 6.90. The lowest BCUT2D eigenvalue weighted by atomic mass is 10.2. The molecule has 22 heavy (non-hydrogen) atoms. The standard InChI is InChI=1S/C14H14N6OS/c21-12(6-7-20-10-15-9-16-20)17-14-19-18-13(22-14)8-11-4-2-1-3-5-11/h1-5,9-10H,6-8H2,(H,17,19,21). The smallest absolute Gasteiger partial charge is 0.228 e. The van der Waals surface area contributed by atoms with E-state index in [2.05, 4.69) is 25.6 Å². The average molecular weight is 314 g/mol. The Hall–Kier alpha value is -2.61. The summed E-state index contributed by atoms with van der Waals surface area (Å²) in [6.07, 6.45) is 4.05. The van der Waals surface area contributed by atoms with Crippen molar-refractivity contribution in [3.05, 3.63) is 53.6 Å². The van der Waals surface area contributed by atoms with Crippen LogP contribution in [0.4, 0.5) is 5.13 Å². The Morgan fingerprint density at radius 3 is 2.86 bits per heavy atom. The fraction of sp³-hybridized carbons (Fsp3) is 0.214. The van der Waals surface area contributed by atoms with Crippen LogP contribution in [0.25, 0.3) is 0 Å². The van der Waals surface area contributed by atoms with E-state index >= 15 is 0 Å². The monoisotopic (exact) mass is 314 g/mol. The zero-order valence-electron chi connectivity index (χ0n) is 11.7. The Morgan fingerprint density at radius 1 is 1.23 bits per heavy atom. The number of nitrogens with one attached hydrogen (secondary N) is 1. The number of anilines is 1. The number of hydrogen-bond acceptors (Lipinski definition) is 6. The van der Waals surface area contributed by atoms with Gasteiger partial charge in [-0.15, -0.1) is 10.2 Å². The number of benzene rings is 1. The molecule has 0 atom stereocenters. The van der Waals surface area contributed by atoms with Gasteiger partial charge in [-0.2, -0.15) is 5.10 Å². The second-order valence-electron chi connectivity index (χ2n) is 4.62. The minimum atomic E-state index is -0.113. The molecule has 0 bridgehead atoms. The van der Waals surface area contributed by atoms with Crippen LogP contribution in [-0.2, 0) is 17.8 Å². The number of aromatic nitrogens is 5. The molecular weight excluding hydrogens is 300 g/mol. The predicted octanol–water partition coefficient (Wildman–Crippen LogP) is 1.75. The van der Waals surface area contributed by atoms with E-state index in [9.17, 15) is 4.79 Å². The molecule has 0 saturated carbocycles. The quantitative estimate of drug-likeness (QED) is 0.749. The molecule has 1 amide bonds. The summed E-state index contributed by atoms with van der Waals surface area (Å²) in [5.41, 5.74) is 1.17. The largest absolute Gasteiger partial charge is 0.300 e. The third-order valence-electron chi connectivity index (χ3n) is 2.95. The summed E-state index contributed by atoms with van der Waals surface area (Å²) in [7, 11) is 0. The van der Waals surface area contributed by atoms with Gasteiger partial charge in [-0.3, -0.25) is 9.48 Å². The minimum Gasteiger partial charge on any atom is -0.300 e. The van der Waals surface area contributed by atoms with Crippen LogP contribution < -0.4 is 5.32 Å². The highest BCUT2D eigenvalue weighted by Crippen LogP contribution is 2.18. The maximum atomic E-state index is 11.8. The minimum absolute atomic E-state index is 0.113. The van der Waals surface area contributed by atoms with E-state index in [-0.39, 0.29) is 5.91 Å². The molecule has 2 aromatic heterocycles. The van der Waals surface area contributed by atoms with Crippen molar-refractivity contribution in [2.24, 2.45) is 0 Å². The van der Waals surface area contributed by atoms with Gasteiger partial charge in [-0.25, -0.2) is 4.98 Å². The molecule has 7 nitrogen and oxygen atoms in total. The van der Waals surface area contributed by atoms with Crippen molar-refractivity contribution in [1.29, 1.82) is 0 Å². The zero-order valence-corrected chi connectivity index (χ0v) is 12.5. The number of carbonyl (C=O) groups is 1. The Morgan fingerprint density at radius 2 is 2.09 bits per heavy atom. The first-order valence-electron chi connectivity index (χ1n) is 6.78. The molecule has 1 aromatic carbocycles. The number of carbonyl (C=O) groups excluding carboxylic acids is 1. The third-order valence-corrected chi connectivity index (χ3v) is 3.78. The molecule has 0 radical (unpaired) electrons. The molecule has 8 heteroatoms. The molecule has 0 saturated heterocycles. The average Bonchev–Trinajstić information content (AvgIpc) is 3.18. The summed E-state index contributed by atoms with van der Waals surface area (Å²) < 4.78 is 1.61. The summed E-state index contributed by atoms with van der Waals surface area (Å²) in [4.78, 5) is 15.7. The number of nitrogens with zero attached hydrogens (tertiary/aromatic N) is 5. The van der Waals surface area contributed by atoms with Crippen molar-refractivity contribution >= 4 is 22.4 Å². The Balaban J connectivity index is 1.51. The molecule has 0 fully saturated rings. The van der Waals surface area contributed by atoms with Crippen molar-refractivity contribution < 1.29 is 4.79 Å². The maximum absolute atomic E-state index is 11.8. The summed E-state index contributed by atoms with van der Waals surface area (Å²) in [6.45, 7) is 0.488. The van der Waals surface area contributed by atoms with Crippen molar-refractivity contribution in [1.82, 2.24) is 25.0 Å². The number of rotatable bonds is 6. The maximum Gasteiger partial charge on any atom is 0.228 e. The number of amides is 1. The molecule has 0 aliphatic carbocycles. The van der Waals surface area contributed by atoms with Gasteiger partial charge in [0.15, 0.2) is 0 Å². The zero-order chi connectivity index (χ0) is 15.2. The lowest BCUT2D eigenvalue weighted by Gasteiger charge is -2.00. The SMILES string of the molecule is O=C(CCn1cncn1)Nc1nnc(Cc2ccccc2)s1. The molecule has 0 aliphatic rings. The highest BCUT2D eigenvalue weighted by Gasteiger charge is 2.09. The molecule has 0 spiro atoms. The van der Waals surface area contributed by atoms with Crippen LogP contribution in [0.2, 0.25) is 0 Å². The molecule has 3 aromatic rings. The molecule has 1 N–H and O–H groups in total. The predicted molar refractivity (Wildman–Crippen MR) is 82.4 cm³/mol. The molecule has 3 rings (SSSR count). The first kappa shape index (κ1) is 14.3. The topological polar surface area (TPSA) is 85.6 Å². The van der Waals surface area contributed by atoms with Crippen LogP contribution >= 0.6 is 11.3 Å². The molecular formula is C14H14N6OS. The van der Waals surface area contributed by atoms with Gasteiger partial charge in [0.2, 0.25) is 11.0 Å². The normalized spacial score (nSPS) is 10.5. The number of hydrogen-bond donors (Lipinski definition) is 1. The first-order valence-corrected chi connectivity index (χ1v) is 7.60. The number of aryl methyl sites for hydroxylation is 1. The van der Waals surface area contributed by atoms with Crippen LogP contribution in [0.15, 0.2) is 43.0 Å². The van der Waals surface area contributed by atoms with Crippen molar-refractivity contribution in [3.63, 3.8) is 0 Å². The van der Waals surface area contributed by atoms with Gasteiger partial charge in [-0.1, -0.05) is 41.7 Å². The van der Waals surface area contributed by atoms with Crippen molar-refractivity contribution in [3.8, 4) is 0 Å². The van der Waals surface area contributed by atoms with Gasteiger partial charge in [0, 0.05) is 12.8 Å². The van der Waals surface area contributed by atoms with Gasteiger partial charge in [-0.05, 0) is 5.56 Å². The third kappa shape index (κ3) is 3.95. The van der Waals surface area contributed by atoms with Gasteiger partial charge in [0.05, 0.1) is 6.54 Å². The van der Waals surface area contributed by atoms with Gasteiger partial charge < -0.3 is 5.32 Å². The van der Waals surface area contributed by atoms with Crippen molar-refractivity contribution in [2.45, 2.75) is 19.4 Å². The Bertz CT molecular complexity index is 725. The molecule has 0 aliphatic heterocycles. The highest BCUT2D eigenvalue weighted by atomic mass is 32.1. The van der Waals surface area contributed by atoms with E-state index in [4.69, 9.17) is 0 Å². The van der Waals surface area contributed by atoms with Crippen LogP contribution in [0.3, 0.4) is 0 Å². The van der Waals surface area contributed by atoms with Crippen LogP contribution in [0, 0.1) is 0 Å². The Labute approximate surface area is 131 Å². The first-order chi connectivity index (χ1) is 10.8. The summed E-state index contributed by atoms with van der Waals surface area (Å²) in [5, 5.41) is 16.2. The molecule has 0 unspecified atom stereocenters. The van der Waals surface area contributed by atoms with Crippen LogP contribution in [-0.4, -0.2) is 30.9 Å². The van der Waals surface area contributed by atoms with E-state index < -0.39 is 0 Å². The van der Waals surface area contributed by atoms with Gasteiger partial charge in [0.1, 0.15) is 17.7 Å². The lowest BCUT2D eigenvalue weighted by Crippen LogP contribution is -2.14. The summed E-state index contributed by atoms with van der Waals surface area (Å²) in [6, 6.07) is 10.0. The molecule has 112 valence electrons. The fourth-order valence-electron chi connectivity index (χ4n) is 1.89. The molecule has 2 heterocycles. The fourth-order valence-corrected chi connectivity index (χ4v) is 2.68.